The Morgan fingerprint density at radius 3 is 0.917 bits per heavy atom. The van der Waals surface area contributed by atoms with Crippen molar-refractivity contribution in [2.75, 3.05) is 0 Å². The van der Waals surface area contributed by atoms with Crippen molar-refractivity contribution in [1.82, 2.24) is 0 Å². The summed E-state index contributed by atoms with van der Waals surface area (Å²) in [4.78, 5) is 0. The van der Waals surface area contributed by atoms with E-state index in [1.54, 1.807) is 0 Å². The number of benzene rings is 13. The zero-order valence-electron chi connectivity index (χ0n) is 39.9. The molecule has 0 saturated heterocycles. The summed E-state index contributed by atoms with van der Waals surface area (Å²) in [6.07, 6.45) is 0. The molecule has 0 aliphatic heterocycles. The lowest BCUT2D eigenvalue weighted by molar-refractivity contribution is 1.59. The fourth-order valence-electron chi connectivity index (χ4n) is 12.0. The predicted octanol–water partition coefficient (Wildman–Crippen LogP) is 12.3. The summed E-state index contributed by atoms with van der Waals surface area (Å²) in [6, 6.07) is 114. The molecule has 0 aliphatic rings. The molecule has 72 heavy (non-hydrogen) atoms. The van der Waals surface area contributed by atoms with Crippen LogP contribution in [0.1, 0.15) is 0 Å². The van der Waals surface area contributed by atoms with Crippen molar-refractivity contribution in [3.63, 3.8) is 0 Å². The molecule has 0 aliphatic carbocycles. The minimum absolute atomic E-state index is 1.19. The van der Waals surface area contributed by atoms with Crippen LogP contribution in [0.15, 0.2) is 303 Å². The van der Waals surface area contributed by atoms with Crippen LogP contribution >= 0.6 is 0 Å². The Kier molecular flexibility index (Phi) is 11.0. The van der Waals surface area contributed by atoms with Crippen molar-refractivity contribution in [1.29, 1.82) is 0 Å². The van der Waals surface area contributed by atoms with E-state index in [2.05, 4.69) is 303 Å². The van der Waals surface area contributed by atoms with Gasteiger partial charge < -0.3 is 0 Å². The summed E-state index contributed by atoms with van der Waals surface area (Å²) in [5.74, 6) is 0. The van der Waals surface area contributed by atoms with E-state index in [1.165, 1.54) is 107 Å². The van der Waals surface area contributed by atoms with E-state index in [1.807, 2.05) is 0 Å². The van der Waals surface area contributed by atoms with Crippen LogP contribution < -0.4 is 41.5 Å². The van der Waals surface area contributed by atoms with Gasteiger partial charge in [-0.25, -0.2) is 0 Å². The van der Waals surface area contributed by atoms with Crippen LogP contribution in [-0.2, 0) is 0 Å². The van der Waals surface area contributed by atoms with Crippen molar-refractivity contribution in [3.8, 4) is 33.4 Å². The second kappa shape index (κ2) is 18.3. The summed E-state index contributed by atoms with van der Waals surface area (Å²) in [5, 5.41) is 18.7. The van der Waals surface area contributed by atoms with Gasteiger partial charge in [-0.1, -0.05) is 297 Å². The molecule has 0 atom stereocenters. The molecule has 13 aromatic rings. The molecule has 0 heterocycles. The zero-order valence-corrected chi connectivity index (χ0v) is 41.9. The summed E-state index contributed by atoms with van der Waals surface area (Å²) < 4.78 is 0. The molecule has 2 heteroatoms. The van der Waals surface area contributed by atoms with Crippen LogP contribution in [0.3, 0.4) is 0 Å². The normalized spacial score (nSPS) is 11.9. The van der Waals surface area contributed by atoms with Gasteiger partial charge in [-0.3, -0.25) is 0 Å². The lowest BCUT2D eigenvalue weighted by atomic mass is 9.89. The van der Waals surface area contributed by atoms with Gasteiger partial charge in [0.2, 0.25) is 0 Å². The molecule has 0 nitrogen and oxygen atoms in total. The molecule has 0 fully saturated rings. The van der Waals surface area contributed by atoms with E-state index < -0.39 is 16.1 Å². The van der Waals surface area contributed by atoms with Gasteiger partial charge >= 0.3 is 0 Å². The van der Waals surface area contributed by atoms with Gasteiger partial charge in [0, 0.05) is 0 Å². The fraction of sp³-hybridized carbons (Fsp3) is 0. The van der Waals surface area contributed by atoms with Gasteiger partial charge in [-0.2, -0.15) is 0 Å². The average Bonchev–Trinajstić information content (AvgIpc) is 3.47. The van der Waals surface area contributed by atoms with Gasteiger partial charge in [0.25, 0.3) is 0 Å². The molecule has 0 spiro atoms. The van der Waals surface area contributed by atoms with Crippen molar-refractivity contribution >= 4 is 90.0 Å². The number of hydrogen-bond acceptors (Lipinski definition) is 0. The highest BCUT2D eigenvalue weighted by Gasteiger charge is 2.43. The first-order chi connectivity index (χ1) is 35.7. The van der Waals surface area contributed by atoms with Crippen LogP contribution in [0.2, 0.25) is 0 Å². The summed E-state index contributed by atoms with van der Waals surface area (Å²) in [5.41, 5.74) is 7.27. The van der Waals surface area contributed by atoms with Gasteiger partial charge in [0.1, 0.15) is 0 Å². The first-order valence-electron chi connectivity index (χ1n) is 25.1. The molecule has 0 saturated carbocycles. The lowest BCUT2D eigenvalue weighted by Gasteiger charge is -2.35. The van der Waals surface area contributed by atoms with E-state index in [4.69, 9.17) is 0 Å². The zero-order chi connectivity index (χ0) is 47.9. The first kappa shape index (κ1) is 43.4. The molecule has 0 unspecified atom stereocenters. The maximum absolute atomic E-state index is 2.92. The van der Waals surface area contributed by atoms with E-state index in [0.29, 0.717) is 0 Å². The van der Waals surface area contributed by atoms with Gasteiger partial charge in [0.05, 0.1) is 0 Å². The molecule has 0 N–H and O–H groups in total. The van der Waals surface area contributed by atoms with E-state index >= 15 is 0 Å². The second-order valence-electron chi connectivity index (χ2n) is 19.1. The maximum Gasteiger partial charge on any atom is 0.179 e. The monoisotopic (exact) mass is 946 g/mol. The Morgan fingerprint density at radius 2 is 0.500 bits per heavy atom. The molecule has 0 bridgehead atoms. The van der Waals surface area contributed by atoms with Crippen LogP contribution in [-0.4, -0.2) is 16.1 Å². The smallest absolute Gasteiger partial charge is 0.0623 e. The largest absolute Gasteiger partial charge is 0.179 e. The topological polar surface area (TPSA) is 0 Å². The predicted molar refractivity (Wildman–Crippen MR) is 314 cm³/mol. The van der Waals surface area contributed by atoms with Crippen LogP contribution in [0, 0.1) is 0 Å². The van der Waals surface area contributed by atoms with Crippen LogP contribution in [0.25, 0.3) is 65.7 Å². The number of rotatable bonds is 11. The quantitative estimate of drug-likeness (QED) is 0.0689. The number of hydrogen-bond donors (Lipinski definition) is 0. The van der Waals surface area contributed by atoms with E-state index in [-0.39, 0.29) is 0 Å². The van der Waals surface area contributed by atoms with Gasteiger partial charge in [-0.15, -0.1) is 0 Å². The maximum atomic E-state index is 2.52. The minimum atomic E-state index is -2.92. The average molecular weight is 947 g/mol. The third-order valence-corrected chi connectivity index (χ3v) is 24.9. The molecule has 13 aromatic carbocycles. The highest BCUT2D eigenvalue weighted by Crippen LogP contribution is 2.40. The van der Waals surface area contributed by atoms with Crippen molar-refractivity contribution in [3.05, 3.63) is 303 Å². The third-order valence-electron chi connectivity index (χ3n) is 15.3. The Hall–Kier alpha value is -8.67. The molecule has 0 aromatic heterocycles. The highest BCUT2D eigenvalue weighted by molar-refractivity contribution is 7.20. The van der Waals surface area contributed by atoms with E-state index in [9.17, 15) is 0 Å². The van der Waals surface area contributed by atoms with Crippen molar-refractivity contribution in [2.24, 2.45) is 0 Å². The second-order valence-corrected chi connectivity index (χ2v) is 26.7. The Labute approximate surface area is 424 Å². The Balaban J connectivity index is 1.02. The molecule has 0 amide bonds. The molecular formula is C70H50Si2. The molecule has 13 rings (SSSR count). The van der Waals surface area contributed by atoms with Crippen molar-refractivity contribution in [2.45, 2.75) is 0 Å². The Bertz CT molecular complexity index is 3760. The third kappa shape index (κ3) is 7.18. The molecule has 0 radical (unpaired) electrons. The van der Waals surface area contributed by atoms with Gasteiger partial charge in [0.15, 0.2) is 16.1 Å². The lowest BCUT2D eigenvalue weighted by Crippen LogP contribution is -2.74. The van der Waals surface area contributed by atoms with Crippen LogP contribution in [0.4, 0.5) is 0 Å². The summed E-state index contributed by atoms with van der Waals surface area (Å²) in [6.45, 7) is 0. The highest BCUT2D eigenvalue weighted by atomic mass is 28.3. The fourth-order valence-corrected chi connectivity index (χ4v) is 21.6. The van der Waals surface area contributed by atoms with Crippen LogP contribution in [0.5, 0.6) is 0 Å². The SMILES string of the molecule is c1ccc([Si](c2ccccc2)(c2ccccc2)c2ccc(-c3cc(-c4ccc(-c5ccc6ccc7cccc8ccc5c6c78)cc4)cc([Si](c4ccccc4)(c4ccccc4)c4ccccc4)c3)cc2)cc1. The molecular weight excluding hydrogens is 897 g/mol. The van der Waals surface area contributed by atoms with Gasteiger partial charge in [-0.05, 0) is 113 Å². The summed E-state index contributed by atoms with van der Waals surface area (Å²) in [7, 11) is -5.65. The minimum Gasteiger partial charge on any atom is -0.0623 e. The summed E-state index contributed by atoms with van der Waals surface area (Å²) >= 11 is 0. The molecule has 338 valence electrons. The van der Waals surface area contributed by atoms with Crippen molar-refractivity contribution < 1.29 is 0 Å². The Morgan fingerprint density at radius 1 is 0.181 bits per heavy atom. The first-order valence-corrected chi connectivity index (χ1v) is 29.1. The standard InChI is InChI=1S/C70H50Si2/c1-7-22-59(23-8-1)71(60-24-9-2-10-25-60,61-26-11-3-12-27-61)65-44-40-52(41-45-65)58-48-57(49-66(50-58)72(62-28-13-4-14-29-62,63-30-15-5-16-31-63)64-32-17-6-18-33-64)51-34-36-53(37-35-51)67-46-42-56-39-38-54-20-19-21-55-43-47-68(67)70(56)69(54)55/h1-50H. The van der Waals surface area contributed by atoms with E-state index in [0.717, 1.165) is 0 Å².